The maximum Gasteiger partial charge on any atom is 0.128 e. The minimum absolute atomic E-state index is 0.352. The smallest absolute Gasteiger partial charge is 0.128 e. The molecule has 0 spiro atoms. The van der Waals surface area contributed by atoms with Crippen molar-refractivity contribution < 1.29 is 4.74 Å². The Kier molecular flexibility index (Phi) is 7.45. The number of aromatic nitrogens is 1. The van der Waals surface area contributed by atoms with Crippen molar-refractivity contribution in [1.82, 2.24) is 10.3 Å². The third-order valence-corrected chi connectivity index (χ3v) is 3.20. The summed E-state index contributed by atoms with van der Waals surface area (Å²) in [6, 6.07) is 4.60. The van der Waals surface area contributed by atoms with Gasteiger partial charge in [0, 0.05) is 31.9 Å². The molecule has 1 unspecified atom stereocenters. The van der Waals surface area contributed by atoms with E-state index in [9.17, 15) is 0 Å². The Morgan fingerprint density at radius 1 is 1.32 bits per heavy atom. The molecule has 0 saturated carbocycles. The fourth-order valence-electron chi connectivity index (χ4n) is 2.02. The van der Waals surface area contributed by atoms with Crippen LogP contribution in [-0.4, -0.2) is 37.8 Å². The van der Waals surface area contributed by atoms with Gasteiger partial charge in [-0.1, -0.05) is 13.0 Å². The van der Waals surface area contributed by atoms with Crippen molar-refractivity contribution in [3.05, 3.63) is 23.9 Å². The van der Waals surface area contributed by atoms with Crippen LogP contribution in [0.3, 0.4) is 0 Å². The van der Waals surface area contributed by atoms with Gasteiger partial charge in [-0.2, -0.15) is 0 Å². The molecule has 1 rings (SSSR count). The first kappa shape index (κ1) is 15.9. The van der Waals surface area contributed by atoms with Crippen molar-refractivity contribution in [2.75, 3.05) is 37.7 Å². The summed E-state index contributed by atoms with van der Waals surface area (Å²) >= 11 is 0. The van der Waals surface area contributed by atoms with Crippen LogP contribution in [0.2, 0.25) is 0 Å². The van der Waals surface area contributed by atoms with Crippen molar-refractivity contribution in [3.63, 3.8) is 0 Å². The molecule has 0 aliphatic heterocycles. The van der Waals surface area contributed by atoms with Gasteiger partial charge in [-0.15, -0.1) is 0 Å². The summed E-state index contributed by atoms with van der Waals surface area (Å²) < 4.78 is 5.40. The summed E-state index contributed by atoms with van der Waals surface area (Å²) in [5, 5.41) is 3.39. The highest BCUT2D eigenvalue weighted by molar-refractivity contribution is 5.39. The molecule has 108 valence electrons. The van der Waals surface area contributed by atoms with E-state index < -0.39 is 0 Å². The Balaban J connectivity index is 2.62. The molecule has 0 amide bonds. The Labute approximate surface area is 117 Å². The Morgan fingerprint density at radius 2 is 2.11 bits per heavy atom. The topological polar surface area (TPSA) is 37.4 Å². The van der Waals surface area contributed by atoms with Gasteiger partial charge < -0.3 is 15.0 Å². The van der Waals surface area contributed by atoms with Crippen molar-refractivity contribution in [2.24, 2.45) is 0 Å². The largest absolute Gasteiger partial charge is 0.380 e. The number of pyridine rings is 1. The van der Waals surface area contributed by atoms with Crippen molar-refractivity contribution >= 4 is 5.82 Å². The predicted octanol–water partition coefficient (Wildman–Crippen LogP) is 2.61. The van der Waals surface area contributed by atoms with Gasteiger partial charge in [0.25, 0.3) is 0 Å². The summed E-state index contributed by atoms with van der Waals surface area (Å²) in [5.74, 6) is 1.02. The molecule has 1 N–H and O–H groups in total. The normalized spacial score (nSPS) is 12.4. The fraction of sp³-hybridized carbons (Fsp3) is 0.667. The molecular weight excluding hydrogens is 238 g/mol. The lowest BCUT2D eigenvalue weighted by atomic mass is 10.1. The summed E-state index contributed by atoms with van der Waals surface area (Å²) in [7, 11) is 0. The van der Waals surface area contributed by atoms with Gasteiger partial charge in [0.1, 0.15) is 5.82 Å². The van der Waals surface area contributed by atoms with Crippen LogP contribution in [0.4, 0.5) is 5.82 Å². The van der Waals surface area contributed by atoms with Crippen LogP contribution < -0.4 is 10.2 Å². The monoisotopic (exact) mass is 265 g/mol. The van der Waals surface area contributed by atoms with Crippen molar-refractivity contribution in [3.8, 4) is 0 Å². The minimum Gasteiger partial charge on any atom is -0.380 e. The van der Waals surface area contributed by atoms with Crippen LogP contribution in [0.15, 0.2) is 18.3 Å². The average Bonchev–Trinajstić information content (AvgIpc) is 2.44. The number of ether oxygens (including phenoxy) is 1. The molecule has 19 heavy (non-hydrogen) atoms. The second kappa shape index (κ2) is 8.88. The van der Waals surface area contributed by atoms with Crippen LogP contribution >= 0.6 is 0 Å². The zero-order valence-corrected chi connectivity index (χ0v) is 12.6. The SMILES string of the molecule is CCNC(C)c1ccc(N(CC)CCOCC)nc1. The van der Waals surface area contributed by atoms with Gasteiger partial charge in [-0.25, -0.2) is 4.98 Å². The van der Waals surface area contributed by atoms with Crippen LogP contribution in [0, 0.1) is 0 Å². The Hall–Kier alpha value is -1.13. The molecule has 0 saturated heterocycles. The van der Waals surface area contributed by atoms with E-state index in [1.807, 2.05) is 13.1 Å². The lowest BCUT2D eigenvalue weighted by molar-refractivity contribution is 0.154. The van der Waals surface area contributed by atoms with Crippen molar-refractivity contribution in [1.29, 1.82) is 0 Å². The van der Waals surface area contributed by atoms with Gasteiger partial charge in [0.2, 0.25) is 0 Å². The molecule has 4 nitrogen and oxygen atoms in total. The second-order valence-electron chi connectivity index (χ2n) is 4.51. The maximum atomic E-state index is 5.40. The number of hydrogen-bond acceptors (Lipinski definition) is 4. The number of nitrogens with zero attached hydrogens (tertiary/aromatic N) is 2. The second-order valence-corrected chi connectivity index (χ2v) is 4.51. The van der Waals surface area contributed by atoms with Gasteiger partial charge in [0.05, 0.1) is 6.61 Å². The molecule has 1 aromatic heterocycles. The highest BCUT2D eigenvalue weighted by Crippen LogP contribution is 2.15. The zero-order chi connectivity index (χ0) is 14.1. The van der Waals surface area contributed by atoms with Gasteiger partial charge >= 0.3 is 0 Å². The molecule has 0 fully saturated rings. The van der Waals surface area contributed by atoms with E-state index >= 15 is 0 Å². The molecule has 1 heterocycles. The van der Waals surface area contributed by atoms with Crippen LogP contribution in [0.25, 0.3) is 0 Å². The van der Waals surface area contributed by atoms with Gasteiger partial charge in [0.15, 0.2) is 0 Å². The molecule has 0 aliphatic rings. The quantitative estimate of drug-likeness (QED) is 0.696. The molecule has 0 bridgehead atoms. The van der Waals surface area contributed by atoms with E-state index in [0.717, 1.165) is 38.7 Å². The Bertz CT molecular complexity index is 340. The molecule has 0 aliphatic carbocycles. The lowest BCUT2D eigenvalue weighted by Crippen LogP contribution is -2.28. The number of likely N-dealkylation sites (N-methyl/N-ethyl adjacent to an activating group) is 1. The van der Waals surface area contributed by atoms with Crippen LogP contribution in [-0.2, 0) is 4.74 Å². The van der Waals surface area contributed by atoms with E-state index in [1.54, 1.807) is 0 Å². The highest BCUT2D eigenvalue weighted by atomic mass is 16.5. The number of rotatable bonds is 9. The first-order valence-corrected chi connectivity index (χ1v) is 7.24. The third-order valence-electron chi connectivity index (χ3n) is 3.20. The first-order valence-electron chi connectivity index (χ1n) is 7.24. The van der Waals surface area contributed by atoms with Crippen LogP contribution in [0.1, 0.15) is 39.3 Å². The van der Waals surface area contributed by atoms with E-state index in [0.29, 0.717) is 6.04 Å². The summed E-state index contributed by atoms with van der Waals surface area (Å²) in [6.07, 6.45) is 1.96. The summed E-state index contributed by atoms with van der Waals surface area (Å²) in [6.45, 7) is 12.8. The number of hydrogen-bond donors (Lipinski definition) is 1. The van der Waals surface area contributed by atoms with Gasteiger partial charge in [-0.3, -0.25) is 0 Å². The molecule has 0 aromatic carbocycles. The first-order chi connectivity index (χ1) is 9.22. The van der Waals surface area contributed by atoms with E-state index in [2.05, 4.69) is 48.1 Å². The van der Waals surface area contributed by atoms with E-state index in [4.69, 9.17) is 4.74 Å². The highest BCUT2D eigenvalue weighted by Gasteiger charge is 2.08. The number of nitrogens with one attached hydrogen (secondary N) is 1. The maximum absolute atomic E-state index is 5.40. The molecule has 0 radical (unpaired) electrons. The summed E-state index contributed by atoms with van der Waals surface area (Å²) in [4.78, 5) is 6.80. The predicted molar refractivity (Wildman–Crippen MR) is 80.7 cm³/mol. The fourth-order valence-corrected chi connectivity index (χ4v) is 2.02. The lowest BCUT2D eigenvalue weighted by Gasteiger charge is -2.22. The Morgan fingerprint density at radius 3 is 2.63 bits per heavy atom. The van der Waals surface area contributed by atoms with E-state index in [-0.39, 0.29) is 0 Å². The molecular formula is C15H27N3O. The molecule has 1 atom stereocenters. The number of anilines is 1. The molecule has 1 aromatic rings. The average molecular weight is 265 g/mol. The van der Waals surface area contributed by atoms with E-state index in [1.165, 1.54) is 5.56 Å². The zero-order valence-electron chi connectivity index (χ0n) is 12.6. The third kappa shape index (κ3) is 5.17. The summed E-state index contributed by atoms with van der Waals surface area (Å²) in [5.41, 5.74) is 1.23. The standard InChI is InChI=1S/C15H27N3O/c1-5-16-13(4)14-8-9-15(17-12-14)18(6-2)10-11-19-7-3/h8-9,12-13,16H,5-7,10-11H2,1-4H3. The van der Waals surface area contributed by atoms with Crippen LogP contribution in [0.5, 0.6) is 0 Å². The molecule has 4 heteroatoms. The van der Waals surface area contributed by atoms with Crippen molar-refractivity contribution in [2.45, 2.75) is 33.7 Å². The van der Waals surface area contributed by atoms with Gasteiger partial charge in [-0.05, 0) is 38.9 Å². The minimum atomic E-state index is 0.352.